The number of nitrogens with zero attached hydrogens (tertiary/aromatic N) is 1. The van der Waals surface area contributed by atoms with Gasteiger partial charge >= 0.3 is 5.63 Å². The largest absolute Gasteiger partial charge is 0.403 e. The highest BCUT2D eigenvalue weighted by atomic mass is 19.3. The van der Waals surface area contributed by atoms with Crippen LogP contribution in [0, 0.1) is 0 Å². The number of nitrogens with one attached hydrogen (secondary N) is 1. The predicted octanol–water partition coefficient (Wildman–Crippen LogP) is 2.94. The molecule has 0 saturated carbocycles. The molecule has 1 N–H and O–H groups in total. The van der Waals surface area contributed by atoms with E-state index in [9.17, 15) is 18.4 Å². The SMILES string of the molecule is CCCCCCc1cc(=O)oc2nc(C(F)F)[nH]c(=O)c12. The number of alkyl halides is 2. The number of hydrogen-bond donors (Lipinski definition) is 1. The lowest BCUT2D eigenvalue weighted by molar-refractivity contribution is 0.140. The Morgan fingerprint density at radius 1 is 1.29 bits per heavy atom. The second-order valence-electron chi connectivity index (χ2n) is 4.83. The highest BCUT2D eigenvalue weighted by molar-refractivity contribution is 5.75. The predicted molar refractivity (Wildman–Crippen MR) is 73.7 cm³/mol. The number of aromatic nitrogens is 2. The summed E-state index contributed by atoms with van der Waals surface area (Å²) >= 11 is 0. The van der Waals surface area contributed by atoms with Crippen LogP contribution in [0.5, 0.6) is 0 Å². The molecule has 7 heteroatoms. The molecule has 2 rings (SSSR count). The molecule has 0 spiro atoms. The molecule has 0 aliphatic carbocycles. The summed E-state index contributed by atoms with van der Waals surface area (Å²) in [7, 11) is 0. The monoisotopic (exact) mass is 298 g/mol. The van der Waals surface area contributed by atoms with Gasteiger partial charge in [-0.05, 0) is 18.4 Å². The summed E-state index contributed by atoms with van der Waals surface area (Å²) < 4.78 is 30.0. The molecule has 0 aliphatic rings. The maximum atomic E-state index is 12.6. The average Bonchev–Trinajstić information content (AvgIpc) is 2.42. The second kappa shape index (κ2) is 6.60. The lowest BCUT2D eigenvalue weighted by atomic mass is 10.1. The molecule has 21 heavy (non-hydrogen) atoms. The van der Waals surface area contributed by atoms with Crippen molar-refractivity contribution >= 4 is 11.1 Å². The zero-order chi connectivity index (χ0) is 15.4. The van der Waals surface area contributed by atoms with Crippen LogP contribution in [-0.2, 0) is 6.42 Å². The summed E-state index contributed by atoms with van der Waals surface area (Å²) in [5, 5.41) is 0.0792. The molecule has 2 aromatic heterocycles. The molecule has 114 valence electrons. The first-order chi connectivity index (χ1) is 10.0. The van der Waals surface area contributed by atoms with E-state index in [2.05, 4.69) is 11.9 Å². The fraction of sp³-hybridized carbons (Fsp3) is 0.500. The minimum absolute atomic E-state index is 0.0792. The Bertz CT molecular complexity index is 737. The molecule has 0 radical (unpaired) electrons. The Hall–Kier alpha value is -2.05. The van der Waals surface area contributed by atoms with Crippen molar-refractivity contribution in [2.45, 2.75) is 45.5 Å². The summed E-state index contributed by atoms with van der Waals surface area (Å²) in [4.78, 5) is 29.0. The zero-order valence-corrected chi connectivity index (χ0v) is 11.6. The van der Waals surface area contributed by atoms with Gasteiger partial charge in [0.25, 0.3) is 12.0 Å². The van der Waals surface area contributed by atoms with Gasteiger partial charge in [0, 0.05) is 6.07 Å². The topological polar surface area (TPSA) is 76.0 Å². The van der Waals surface area contributed by atoms with Crippen LogP contribution in [-0.4, -0.2) is 9.97 Å². The van der Waals surface area contributed by atoms with Crippen LogP contribution in [0.1, 0.15) is 50.4 Å². The van der Waals surface area contributed by atoms with Crippen molar-refractivity contribution in [2.24, 2.45) is 0 Å². The molecule has 2 aromatic rings. The average molecular weight is 298 g/mol. The highest BCUT2D eigenvalue weighted by Crippen LogP contribution is 2.18. The third-order valence-corrected chi connectivity index (χ3v) is 3.22. The second-order valence-corrected chi connectivity index (χ2v) is 4.83. The van der Waals surface area contributed by atoms with E-state index < -0.39 is 23.4 Å². The summed E-state index contributed by atoms with van der Waals surface area (Å²) in [6, 6.07) is 1.23. The number of halogens is 2. The van der Waals surface area contributed by atoms with Crippen molar-refractivity contribution in [2.75, 3.05) is 0 Å². The van der Waals surface area contributed by atoms with Gasteiger partial charge in [0.1, 0.15) is 5.39 Å². The van der Waals surface area contributed by atoms with E-state index in [-0.39, 0.29) is 11.1 Å². The minimum Gasteiger partial charge on any atom is -0.403 e. The van der Waals surface area contributed by atoms with Gasteiger partial charge in [-0.15, -0.1) is 0 Å². The van der Waals surface area contributed by atoms with Crippen molar-refractivity contribution < 1.29 is 13.2 Å². The normalized spacial score (nSPS) is 11.4. The molecule has 0 unspecified atom stereocenters. The van der Waals surface area contributed by atoms with Gasteiger partial charge in [0.15, 0.2) is 5.82 Å². The van der Waals surface area contributed by atoms with Crippen LogP contribution in [0.4, 0.5) is 8.78 Å². The fourth-order valence-corrected chi connectivity index (χ4v) is 2.21. The first-order valence-electron chi connectivity index (χ1n) is 6.88. The highest BCUT2D eigenvalue weighted by Gasteiger charge is 2.16. The van der Waals surface area contributed by atoms with Crippen molar-refractivity contribution in [3.05, 3.63) is 38.2 Å². The molecule has 5 nitrogen and oxygen atoms in total. The van der Waals surface area contributed by atoms with Gasteiger partial charge in [-0.2, -0.15) is 4.98 Å². The molecule has 0 fully saturated rings. The first kappa shape index (κ1) is 15.3. The van der Waals surface area contributed by atoms with E-state index in [4.69, 9.17) is 4.42 Å². The van der Waals surface area contributed by atoms with E-state index in [1.165, 1.54) is 6.07 Å². The quantitative estimate of drug-likeness (QED) is 0.832. The molecule has 0 amide bonds. The van der Waals surface area contributed by atoms with Gasteiger partial charge in [-0.1, -0.05) is 26.2 Å². The molecule has 0 atom stereocenters. The number of aryl methyl sites for hydroxylation is 1. The van der Waals surface area contributed by atoms with Crippen molar-refractivity contribution in [1.82, 2.24) is 9.97 Å². The first-order valence-corrected chi connectivity index (χ1v) is 6.88. The molecular formula is C14H16F2N2O3. The standard InChI is InChI=1S/C14H16F2N2O3/c1-2-3-4-5-6-8-7-9(19)21-14-10(8)13(20)17-12(18-14)11(15)16/h7,11H,2-6H2,1H3,(H,17,18,20). The minimum atomic E-state index is -2.93. The van der Waals surface area contributed by atoms with E-state index >= 15 is 0 Å². The maximum absolute atomic E-state index is 12.6. The van der Waals surface area contributed by atoms with E-state index in [0.29, 0.717) is 12.0 Å². The summed E-state index contributed by atoms with van der Waals surface area (Å²) in [6.45, 7) is 2.08. The smallest absolute Gasteiger partial charge is 0.337 e. The summed E-state index contributed by atoms with van der Waals surface area (Å²) in [5.41, 5.74) is -1.23. The molecule has 0 aromatic carbocycles. The number of hydrogen-bond acceptors (Lipinski definition) is 4. The Kier molecular flexibility index (Phi) is 4.82. The number of H-pyrrole nitrogens is 1. The lowest BCUT2D eigenvalue weighted by Crippen LogP contribution is -2.16. The van der Waals surface area contributed by atoms with Gasteiger partial charge in [-0.3, -0.25) is 4.79 Å². The molecular weight excluding hydrogens is 282 g/mol. The van der Waals surface area contributed by atoms with Gasteiger partial charge in [0.05, 0.1) is 0 Å². The third-order valence-electron chi connectivity index (χ3n) is 3.22. The number of unbranched alkanes of at least 4 members (excludes halogenated alkanes) is 3. The zero-order valence-electron chi connectivity index (χ0n) is 11.6. The lowest BCUT2D eigenvalue weighted by Gasteiger charge is -2.05. The number of rotatable bonds is 6. The van der Waals surface area contributed by atoms with Crippen LogP contribution < -0.4 is 11.2 Å². The van der Waals surface area contributed by atoms with Crippen molar-refractivity contribution in [3.8, 4) is 0 Å². The molecule has 0 bridgehead atoms. The Balaban J connectivity index is 2.46. The Labute approximate surface area is 119 Å². The number of aromatic amines is 1. The van der Waals surface area contributed by atoms with Gasteiger partial charge in [-0.25, -0.2) is 13.6 Å². The van der Waals surface area contributed by atoms with Crippen LogP contribution in [0.25, 0.3) is 11.1 Å². The van der Waals surface area contributed by atoms with Crippen LogP contribution in [0.15, 0.2) is 20.1 Å². The van der Waals surface area contributed by atoms with E-state index in [1.807, 2.05) is 4.98 Å². The molecule has 2 heterocycles. The van der Waals surface area contributed by atoms with E-state index in [1.54, 1.807) is 0 Å². The van der Waals surface area contributed by atoms with Gasteiger partial charge < -0.3 is 9.40 Å². The summed E-state index contributed by atoms with van der Waals surface area (Å²) in [6.07, 6.45) is 1.49. The third kappa shape index (κ3) is 3.53. The number of fused-ring (bicyclic) bond motifs is 1. The Morgan fingerprint density at radius 2 is 2.05 bits per heavy atom. The van der Waals surface area contributed by atoms with Gasteiger partial charge in [0.2, 0.25) is 5.71 Å². The van der Waals surface area contributed by atoms with Crippen LogP contribution in [0.2, 0.25) is 0 Å². The fourth-order valence-electron chi connectivity index (χ4n) is 2.21. The Morgan fingerprint density at radius 3 is 2.71 bits per heavy atom. The maximum Gasteiger partial charge on any atom is 0.337 e. The van der Waals surface area contributed by atoms with Crippen LogP contribution >= 0.6 is 0 Å². The molecule has 0 saturated heterocycles. The van der Waals surface area contributed by atoms with Crippen molar-refractivity contribution in [1.29, 1.82) is 0 Å². The molecule has 0 aliphatic heterocycles. The van der Waals surface area contributed by atoms with E-state index in [0.717, 1.165) is 25.7 Å². The van der Waals surface area contributed by atoms with Crippen LogP contribution in [0.3, 0.4) is 0 Å². The van der Waals surface area contributed by atoms with Crippen molar-refractivity contribution in [3.63, 3.8) is 0 Å². The summed E-state index contributed by atoms with van der Waals surface area (Å²) in [5.74, 6) is -0.793.